The van der Waals surface area contributed by atoms with Gasteiger partial charge in [0.1, 0.15) is 5.78 Å². The van der Waals surface area contributed by atoms with Gasteiger partial charge in [0.05, 0.1) is 6.54 Å². The first-order valence-corrected chi connectivity index (χ1v) is 3.58. The second-order valence-electron chi connectivity index (χ2n) is 2.16. The van der Waals surface area contributed by atoms with Crippen LogP contribution in [-0.4, -0.2) is 18.9 Å². The summed E-state index contributed by atoms with van der Waals surface area (Å²) in [6.45, 7) is 4.58. The summed E-state index contributed by atoms with van der Waals surface area (Å²) in [4.78, 5) is 10.9. The SMILES string of the molecule is C#CCCC(=O)CNCC=C. The Hall–Kier alpha value is -1.07. The van der Waals surface area contributed by atoms with Crippen LogP contribution in [0.15, 0.2) is 12.7 Å². The van der Waals surface area contributed by atoms with Crippen LogP contribution in [0.4, 0.5) is 0 Å². The quantitative estimate of drug-likeness (QED) is 0.345. The molecule has 1 N–H and O–H groups in total. The molecule has 0 aromatic carbocycles. The van der Waals surface area contributed by atoms with Gasteiger partial charge in [0.15, 0.2) is 0 Å². The van der Waals surface area contributed by atoms with Crippen molar-refractivity contribution in [2.45, 2.75) is 12.8 Å². The van der Waals surface area contributed by atoms with Crippen LogP contribution >= 0.6 is 0 Å². The molecule has 0 aliphatic heterocycles. The zero-order valence-corrected chi connectivity index (χ0v) is 6.60. The van der Waals surface area contributed by atoms with Crippen LogP contribution in [0.25, 0.3) is 0 Å². The largest absolute Gasteiger partial charge is 0.307 e. The molecule has 60 valence electrons. The van der Waals surface area contributed by atoms with E-state index in [4.69, 9.17) is 6.42 Å². The normalized spacial score (nSPS) is 8.64. The summed E-state index contributed by atoms with van der Waals surface area (Å²) >= 11 is 0. The maximum Gasteiger partial charge on any atom is 0.147 e. The Morgan fingerprint density at radius 3 is 3.00 bits per heavy atom. The topological polar surface area (TPSA) is 29.1 Å². The summed E-state index contributed by atoms with van der Waals surface area (Å²) in [6.07, 6.45) is 7.72. The Kier molecular flexibility index (Phi) is 6.36. The molecule has 0 bridgehead atoms. The van der Waals surface area contributed by atoms with Crippen molar-refractivity contribution in [2.24, 2.45) is 0 Å². The number of hydrogen-bond acceptors (Lipinski definition) is 2. The monoisotopic (exact) mass is 151 g/mol. The van der Waals surface area contributed by atoms with E-state index in [0.29, 0.717) is 25.9 Å². The van der Waals surface area contributed by atoms with Crippen molar-refractivity contribution >= 4 is 5.78 Å². The zero-order valence-electron chi connectivity index (χ0n) is 6.60. The van der Waals surface area contributed by atoms with Gasteiger partial charge in [-0.15, -0.1) is 18.9 Å². The molecule has 0 unspecified atom stereocenters. The molecule has 0 amide bonds. The summed E-state index contributed by atoms with van der Waals surface area (Å²) in [5.74, 6) is 2.58. The third kappa shape index (κ3) is 6.82. The first-order chi connectivity index (χ1) is 5.31. The molecule has 0 aromatic rings. The molecule has 0 fully saturated rings. The van der Waals surface area contributed by atoms with E-state index in [1.165, 1.54) is 0 Å². The molecule has 0 spiro atoms. The van der Waals surface area contributed by atoms with Gasteiger partial charge in [0.25, 0.3) is 0 Å². The molecule has 0 rings (SSSR count). The second kappa shape index (κ2) is 7.04. The molecule has 0 aliphatic rings. The molecule has 0 atom stereocenters. The van der Waals surface area contributed by atoms with Crippen LogP contribution in [0.5, 0.6) is 0 Å². The molecular weight excluding hydrogens is 138 g/mol. The lowest BCUT2D eigenvalue weighted by atomic mass is 10.2. The smallest absolute Gasteiger partial charge is 0.147 e. The highest BCUT2D eigenvalue weighted by molar-refractivity contribution is 5.80. The summed E-state index contributed by atoms with van der Waals surface area (Å²) in [6, 6.07) is 0. The molecule has 2 nitrogen and oxygen atoms in total. The van der Waals surface area contributed by atoms with E-state index in [9.17, 15) is 4.79 Å². The lowest BCUT2D eigenvalue weighted by Crippen LogP contribution is -2.22. The van der Waals surface area contributed by atoms with E-state index in [1.54, 1.807) is 6.08 Å². The standard InChI is InChI=1S/C9H13NO/c1-3-5-6-9(11)8-10-7-4-2/h1,4,10H,2,5-8H2. The van der Waals surface area contributed by atoms with E-state index in [2.05, 4.69) is 17.8 Å². The fraction of sp³-hybridized carbons (Fsp3) is 0.444. The number of terminal acetylenes is 1. The predicted molar refractivity (Wildman–Crippen MR) is 46.1 cm³/mol. The maximum atomic E-state index is 10.9. The zero-order chi connectivity index (χ0) is 8.53. The van der Waals surface area contributed by atoms with E-state index in [0.717, 1.165) is 0 Å². The third-order valence-electron chi connectivity index (χ3n) is 1.16. The molecule has 2 heteroatoms. The summed E-state index contributed by atoms with van der Waals surface area (Å²) in [7, 11) is 0. The van der Waals surface area contributed by atoms with Crippen molar-refractivity contribution in [1.82, 2.24) is 5.32 Å². The van der Waals surface area contributed by atoms with Crippen molar-refractivity contribution < 1.29 is 4.79 Å². The Morgan fingerprint density at radius 2 is 2.45 bits per heavy atom. The number of carbonyl (C=O) groups is 1. The molecule has 0 heterocycles. The van der Waals surface area contributed by atoms with E-state index >= 15 is 0 Å². The first-order valence-electron chi connectivity index (χ1n) is 3.58. The highest BCUT2D eigenvalue weighted by Gasteiger charge is 1.97. The Bertz CT molecular complexity index is 167. The number of nitrogens with one attached hydrogen (secondary N) is 1. The Labute approximate surface area is 67.7 Å². The maximum absolute atomic E-state index is 10.9. The van der Waals surface area contributed by atoms with Crippen molar-refractivity contribution in [3.63, 3.8) is 0 Å². The molecule has 11 heavy (non-hydrogen) atoms. The van der Waals surface area contributed by atoms with Crippen LogP contribution in [0.1, 0.15) is 12.8 Å². The minimum atomic E-state index is 0.157. The number of hydrogen-bond donors (Lipinski definition) is 1. The molecule has 0 radical (unpaired) electrons. The average molecular weight is 151 g/mol. The molecular formula is C9H13NO. The van der Waals surface area contributed by atoms with Gasteiger partial charge in [-0.1, -0.05) is 6.08 Å². The molecule has 0 saturated heterocycles. The highest BCUT2D eigenvalue weighted by Crippen LogP contribution is 1.86. The van der Waals surface area contributed by atoms with Gasteiger partial charge >= 0.3 is 0 Å². The average Bonchev–Trinajstić information content (AvgIpc) is 2.01. The number of carbonyl (C=O) groups excluding carboxylic acids is 1. The van der Waals surface area contributed by atoms with Gasteiger partial charge in [0.2, 0.25) is 0 Å². The molecule has 0 saturated carbocycles. The predicted octanol–water partition coefficient (Wildman–Crippen LogP) is 0.744. The van der Waals surface area contributed by atoms with Gasteiger partial charge in [-0.3, -0.25) is 4.79 Å². The molecule has 0 aromatic heterocycles. The van der Waals surface area contributed by atoms with Gasteiger partial charge in [0, 0.05) is 19.4 Å². The lowest BCUT2D eigenvalue weighted by Gasteiger charge is -1.97. The van der Waals surface area contributed by atoms with Crippen molar-refractivity contribution in [2.75, 3.05) is 13.1 Å². The fourth-order valence-corrected chi connectivity index (χ4v) is 0.614. The Balaban J connectivity index is 3.24. The van der Waals surface area contributed by atoms with Crippen LogP contribution in [0.3, 0.4) is 0 Å². The number of ketones is 1. The van der Waals surface area contributed by atoms with Gasteiger partial charge in [-0.25, -0.2) is 0 Å². The van der Waals surface area contributed by atoms with Crippen molar-refractivity contribution in [1.29, 1.82) is 0 Å². The number of Topliss-reactive ketones (excluding diaryl/α,β-unsaturated/α-hetero) is 1. The van der Waals surface area contributed by atoms with Gasteiger partial charge in [-0.2, -0.15) is 0 Å². The van der Waals surface area contributed by atoms with Crippen LogP contribution in [0, 0.1) is 12.3 Å². The van der Waals surface area contributed by atoms with E-state index < -0.39 is 0 Å². The van der Waals surface area contributed by atoms with Crippen LogP contribution in [0.2, 0.25) is 0 Å². The minimum Gasteiger partial charge on any atom is -0.307 e. The minimum absolute atomic E-state index is 0.157. The van der Waals surface area contributed by atoms with Crippen LogP contribution in [-0.2, 0) is 4.79 Å². The summed E-state index contributed by atoms with van der Waals surface area (Å²) in [5, 5.41) is 2.91. The van der Waals surface area contributed by atoms with E-state index in [-0.39, 0.29) is 5.78 Å². The van der Waals surface area contributed by atoms with Gasteiger partial charge < -0.3 is 5.32 Å². The molecule has 0 aliphatic carbocycles. The number of rotatable bonds is 6. The lowest BCUT2D eigenvalue weighted by molar-refractivity contribution is -0.118. The summed E-state index contributed by atoms with van der Waals surface area (Å²) < 4.78 is 0. The summed E-state index contributed by atoms with van der Waals surface area (Å²) in [5.41, 5.74) is 0. The van der Waals surface area contributed by atoms with Crippen molar-refractivity contribution in [3.05, 3.63) is 12.7 Å². The highest BCUT2D eigenvalue weighted by atomic mass is 16.1. The van der Waals surface area contributed by atoms with Crippen LogP contribution < -0.4 is 5.32 Å². The first kappa shape index (κ1) is 9.93. The Morgan fingerprint density at radius 1 is 1.73 bits per heavy atom. The third-order valence-corrected chi connectivity index (χ3v) is 1.16. The van der Waals surface area contributed by atoms with E-state index in [1.807, 2.05) is 0 Å². The van der Waals surface area contributed by atoms with Gasteiger partial charge in [-0.05, 0) is 0 Å². The van der Waals surface area contributed by atoms with Crippen molar-refractivity contribution in [3.8, 4) is 12.3 Å². The fourth-order valence-electron chi connectivity index (χ4n) is 0.614. The second-order valence-corrected chi connectivity index (χ2v) is 2.16.